The van der Waals surface area contributed by atoms with Crippen LogP contribution in [0.25, 0.3) is 0 Å². The van der Waals surface area contributed by atoms with Crippen molar-refractivity contribution in [3.8, 4) is 0 Å². The van der Waals surface area contributed by atoms with Gasteiger partial charge in [-0.2, -0.15) is 31.4 Å². The molecule has 1 aliphatic rings. The van der Waals surface area contributed by atoms with Crippen molar-refractivity contribution >= 4 is 35.1 Å². The number of hydrogen-bond acceptors (Lipinski definition) is 5. The molecule has 2 aromatic rings. The summed E-state index contributed by atoms with van der Waals surface area (Å²) in [5.74, 6) is -3.77. The van der Waals surface area contributed by atoms with E-state index in [-0.39, 0.29) is 34.9 Å². The minimum Gasteiger partial charge on any atom is -0.481 e. The number of carbonyl (C=O) groups excluding carboxylic acids is 1. The van der Waals surface area contributed by atoms with Crippen molar-refractivity contribution in [2.75, 3.05) is 13.1 Å². The highest BCUT2D eigenvalue weighted by atomic mass is 35.5. The number of aliphatic hydroxyl groups excluding tert-OH is 1. The van der Waals surface area contributed by atoms with Crippen LogP contribution in [0.1, 0.15) is 73.8 Å². The highest BCUT2D eigenvalue weighted by molar-refractivity contribution is 6.35. The number of carboxylic acid groups (broad SMARTS) is 1. The maximum absolute atomic E-state index is 14.4. The van der Waals surface area contributed by atoms with Gasteiger partial charge in [-0.05, 0) is 39.0 Å². The van der Waals surface area contributed by atoms with Gasteiger partial charge in [-0.25, -0.2) is 0 Å². The highest BCUT2D eigenvalue weighted by Gasteiger charge is 2.50. The molecule has 228 valence electrons. The first-order chi connectivity index (χ1) is 18.8. The number of alkyl halides is 6. The molecule has 4 unspecified atom stereocenters. The summed E-state index contributed by atoms with van der Waals surface area (Å²) in [7, 11) is 0. The van der Waals surface area contributed by atoms with E-state index in [0.717, 1.165) is 26.2 Å². The monoisotopic (exact) mass is 632 g/mol. The van der Waals surface area contributed by atoms with Gasteiger partial charge in [0.05, 0.1) is 51.8 Å². The van der Waals surface area contributed by atoms with Gasteiger partial charge in [-0.3, -0.25) is 19.3 Å². The number of aromatic nitrogens is 3. The second kappa shape index (κ2) is 12.0. The molecule has 2 heterocycles. The minimum absolute atomic E-state index is 0.0257. The molecule has 1 saturated carbocycles. The second-order valence-corrected chi connectivity index (χ2v) is 11.7. The zero-order valence-electron chi connectivity index (χ0n) is 22.1. The average molecular weight is 633 g/mol. The molecule has 0 saturated heterocycles. The summed E-state index contributed by atoms with van der Waals surface area (Å²) in [4.78, 5) is 29.2. The topological polar surface area (TPSA) is 109 Å². The van der Waals surface area contributed by atoms with Gasteiger partial charge in [0.15, 0.2) is 5.69 Å². The number of carbonyl (C=O) groups is 2. The molecule has 1 fully saturated rings. The van der Waals surface area contributed by atoms with Gasteiger partial charge < -0.3 is 15.1 Å². The molecule has 2 aromatic heterocycles. The van der Waals surface area contributed by atoms with Crippen LogP contribution >= 0.6 is 23.2 Å². The van der Waals surface area contributed by atoms with Crippen LogP contribution in [0.3, 0.4) is 0 Å². The third-order valence-electron chi connectivity index (χ3n) is 7.36. The van der Waals surface area contributed by atoms with Gasteiger partial charge in [0, 0.05) is 24.5 Å². The van der Waals surface area contributed by atoms with E-state index >= 15 is 0 Å². The molecule has 1 aliphatic carbocycles. The number of hydrogen-bond donors (Lipinski definition) is 2. The van der Waals surface area contributed by atoms with Crippen LogP contribution in [-0.2, 0) is 11.0 Å². The molecule has 0 radical (unpaired) electrons. The molecule has 0 aliphatic heterocycles. The van der Waals surface area contributed by atoms with Crippen LogP contribution in [0.15, 0.2) is 18.6 Å². The number of rotatable bonds is 8. The fourth-order valence-electron chi connectivity index (χ4n) is 5.03. The van der Waals surface area contributed by atoms with Crippen LogP contribution in [0.5, 0.6) is 0 Å². The smallest absolute Gasteiger partial charge is 0.433 e. The SMILES string of the molecule is CC1CC(n2ncc(C(=O)N(CC(O)c3c(Cl)cncc3Cl)CC(C)(C)C(F)(F)F)c2C(F)(F)F)CCC1C(=O)O. The summed E-state index contributed by atoms with van der Waals surface area (Å²) >= 11 is 12.1. The number of carboxylic acids is 1. The first-order valence-corrected chi connectivity index (χ1v) is 13.2. The molecular weight excluding hydrogens is 605 g/mol. The maximum Gasteiger partial charge on any atom is 0.433 e. The first kappa shape index (κ1) is 32.9. The summed E-state index contributed by atoms with van der Waals surface area (Å²) in [6.45, 7) is 1.12. The zero-order chi connectivity index (χ0) is 31.1. The predicted molar refractivity (Wildman–Crippen MR) is 135 cm³/mol. The number of pyridine rings is 1. The summed E-state index contributed by atoms with van der Waals surface area (Å²) in [5, 5.41) is 23.6. The summed E-state index contributed by atoms with van der Waals surface area (Å²) in [6.07, 6.45) is -8.82. The molecule has 0 aromatic carbocycles. The molecule has 4 atom stereocenters. The second-order valence-electron chi connectivity index (χ2n) is 10.8. The molecule has 2 N–H and O–H groups in total. The third-order valence-corrected chi connectivity index (χ3v) is 7.96. The molecule has 0 spiro atoms. The van der Waals surface area contributed by atoms with Crippen molar-refractivity contribution in [3.63, 3.8) is 0 Å². The predicted octanol–water partition coefficient (Wildman–Crippen LogP) is 6.43. The Bertz CT molecular complexity index is 1260. The van der Waals surface area contributed by atoms with E-state index in [9.17, 15) is 46.1 Å². The molecule has 0 bridgehead atoms. The van der Waals surface area contributed by atoms with E-state index in [1.165, 1.54) is 0 Å². The Morgan fingerprint density at radius 2 is 1.68 bits per heavy atom. The van der Waals surface area contributed by atoms with Crippen molar-refractivity contribution in [1.82, 2.24) is 19.7 Å². The van der Waals surface area contributed by atoms with Crippen molar-refractivity contribution in [3.05, 3.63) is 45.5 Å². The Labute approximate surface area is 241 Å². The Kier molecular flexibility index (Phi) is 9.61. The largest absolute Gasteiger partial charge is 0.481 e. The van der Waals surface area contributed by atoms with Crippen molar-refractivity contribution in [1.29, 1.82) is 0 Å². The molecule has 3 rings (SSSR count). The molecule has 16 heteroatoms. The normalized spacial score (nSPS) is 21.0. The van der Waals surface area contributed by atoms with Gasteiger partial charge in [-0.15, -0.1) is 0 Å². The molecular formula is C25H28Cl2F6N4O4. The summed E-state index contributed by atoms with van der Waals surface area (Å²) in [5.41, 5.74) is -5.24. The lowest BCUT2D eigenvalue weighted by Gasteiger charge is -2.35. The summed E-state index contributed by atoms with van der Waals surface area (Å²) < 4.78 is 85.2. The van der Waals surface area contributed by atoms with Gasteiger partial charge in [-0.1, -0.05) is 30.1 Å². The minimum atomic E-state index is -5.14. The standard InChI is InChI=1S/C25H28Cl2F6N4O4/c1-12-6-13(4-5-14(12)22(40)41)37-20(24(28,29)30)15(7-35-37)21(39)36(11-23(2,3)25(31,32)33)10-18(38)19-16(26)8-34-9-17(19)27/h7-9,12-14,18,38H,4-6,10-11H2,1-3H3,(H,40,41). The fraction of sp³-hybridized carbons (Fsp3) is 0.600. The lowest BCUT2D eigenvalue weighted by molar-refractivity contribution is -0.215. The molecule has 1 amide bonds. The lowest BCUT2D eigenvalue weighted by atomic mass is 9.78. The van der Waals surface area contributed by atoms with Crippen molar-refractivity contribution in [2.24, 2.45) is 17.3 Å². The Morgan fingerprint density at radius 1 is 1.10 bits per heavy atom. The van der Waals surface area contributed by atoms with Gasteiger partial charge >= 0.3 is 18.3 Å². The van der Waals surface area contributed by atoms with Crippen LogP contribution in [0.2, 0.25) is 10.0 Å². The molecule has 41 heavy (non-hydrogen) atoms. The van der Waals surface area contributed by atoms with Crippen molar-refractivity contribution in [2.45, 2.75) is 64.5 Å². The van der Waals surface area contributed by atoms with Gasteiger partial charge in [0.1, 0.15) is 0 Å². The Hall–Kier alpha value is -2.58. The highest BCUT2D eigenvalue weighted by Crippen LogP contribution is 2.43. The Morgan fingerprint density at radius 3 is 2.17 bits per heavy atom. The average Bonchev–Trinajstić information content (AvgIpc) is 3.28. The Balaban J connectivity index is 2.05. The number of halogens is 8. The maximum atomic E-state index is 14.4. The van der Waals surface area contributed by atoms with E-state index in [1.54, 1.807) is 6.92 Å². The lowest BCUT2D eigenvalue weighted by Crippen LogP contribution is -2.47. The zero-order valence-corrected chi connectivity index (χ0v) is 23.6. The number of amides is 1. The van der Waals surface area contributed by atoms with E-state index < -0.39 is 78.0 Å². The van der Waals surface area contributed by atoms with Crippen molar-refractivity contribution < 1.29 is 46.1 Å². The van der Waals surface area contributed by atoms with Gasteiger partial charge in [0.25, 0.3) is 5.91 Å². The number of aliphatic hydroxyl groups is 1. The van der Waals surface area contributed by atoms with E-state index in [4.69, 9.17) is 23.2 Å². The van der Waals surface area contributed by atoms with E-state index in [2.05, 4.69) is 10.1 Å². The third kappa shape index (κ3) is 7.08. The first-order valence-electron chi connectivity index (χ1n) is 12.5. The quantitative estimate of drug-likeness (QED) is 0.325. The number of aliphatic carboxylic acids is 1. The van der Waals surface area contributed by atoms with E-state index in [0.29, 0.717) is 15.8 Å². The van der Waals surface area contributed by atoms with Crippen LogP contribution in [-0.4, -0.2) is 61.0 Å². The number of nitrogens with zero attached hydrogens (tertiary/aromatic N) is 4. The van der Waals surface area contributed by atoms with Crippen LogP contribution in [0.4, 0.5) is 26.3 Å². The van der Waals surface area contributed by atoms with Crippen LogP contribution < -0.4 is 0 Å². The van der Waals surface area contributed by atoms with Gasteiger partial charge in [0.2, 0.25) is 0 Å². The van der Waals surface area contributed by atoms with E-state index in [1.807, 2.05) is 0 Å². The summed E-state index contributed by atoms with van der Waals surface area (Å²) in [6, 6.07) is -0.904. The van der Waals surface area contributed by atoms with Crippen LogP contribution in [0, 0.1) is 17.3 Å². The fourth-order valence-corrected chi connectivity index (χ4v) is 5.65. The molecule has 8 nitrogen and oxygen atoms in total.